The normalized spacial score (nSPS) is 9.75. The summed E-state index contributed by atoms with van der Waals surface area (Å²) >= 11 is 7.11. The summed E-state index contributed by atoms with van der Waals surface area (Å²) in [4.78, 5) is 5.69. The minimum Gasteiger partial charge on any atom is -0.273 e. The second-order valence-electron chi connectivity index (χ2n) is 3.11. The fourth-order valence-electron chi connectivity index (χ4n) is 1.31. The van der Waals surface area contributed by atoms with Gasteiger partial charge in [0.05, 0.1) is 17.9 Å². The molecule has 80 valence electrons. The van der Waals surface area contributed by atoms with Crippen LogP contribution in [0, 0.1) is 11.5 Å². The third-order valence-electron chi connectivity index (χ3n) is 2.03. The monoisotopic (exact) mass is 249 g/mol. The minimum absolute atomic E-state index is 0.448. The van der Waals surface area contributed by atoms with Gasteiger partial charge in [0.1, 0.15) is 0 Å². The highest BCUT2D eigenvalue weighted by Crippen LogP contribution is 2.19. The second kappa shape index (κ2) is 4.97. The van der Waals surface area contributed by atoms with Crippen LogP contribution < -0.4 is 4.90 Å². The molecule has 1 heterocycles. The average molecular weight is 250 g/mol. The lowest BCUT2D eigenvalue weighted by atomic mass is 10.3. The molecular weight excluding hydrogens is 242 g/mol. The first kappa shape index (κ1) is 10.9. The van der Waals surface area contributed by atoms with E-state index in [4.69, 9.17) is 16.9 Å². The molecule has 1 aromatic carbocycles. The SMILES string of the molecule is N#CN(Cc1csc(Cl)n1)c1ccccc1. The predicted octanol–water partition coefficient (Wildman–Crippen LogP) is 3.28. The number of halogens is 1. The Labute approximate surface area is 103 Å². The van der Waals surface area contributed by atoms with Gasteiger partial charge in [0.25, 0.3) is 0 Å². The summed E-state index contributed by atoms with van der Waals surface area (Å²) in [7, 11) is 0. The van der Waals surface area contributed by atoms with E-state index in [0.29, 0.717) is 11.0 Å². The van der Waals surface area contributed by atoms with Crippen LogP contribution in [0.5, 0.6) is 0 Å². The van der Waals surface area contributed by atoms with Gasteiger partial charge in [-0.2, -0.15) is 5.26 Å². The number of nitrogens with zero attached hydrogens (tertiary/aromatic N) is 3. The number of benzene rings is 1. The van der Waals surface area contributed by atoms with E-state index < -0.39 is 0 Å². The van der Waals surface area contributed by atoms with Crippen molar-refractivity contribution in [2.75, 3.05) is 4.90 Å². The molecule has 0 saturated carbocycles. The van der Waals surface area contributed by atoms with Gasteiger partial charge in [-0.1, -0.05) is 29.8 Å². The van der Waals surface area contributed by atoms with Gasteiger partial charge in [-0.3, -0.25) is 4.90 Å². The average Bonchev–Trinajstić information content (AvgIpc) is 2.73. The molecule has 3 nitrogen and oxygen atoms in total. The highest BCUT2D eigenvalue weighted by molar-refractivity contribution is 7.13. The Kier molecular flexibility index (Phi) is 3.40. The maximum absolute atomic E-state index is 9.07. The molecule has 5 heteroatoms. The zero-order chi connectivity index (χ0) is 11.4. The van der Waals surface area contributed by atoms with Gasteiger partial charge in [0, 0.05) is 5.38 Å². The Balaban J connectivity index is 2.16. The Morgan fingerprint density at radius 1 is 1.38 bits per heavy atom. The zero-order valence-corrected chi connectivity index (χ0v) is 9.87. The Bertz CT molecular complexity index is 503. The summed E-state index contributed by atoms with van der Waals surface area (Å²) in [6, 6.07) is 9.48. The van der Waals surface area contributed by atoms with Gasteiger partial charge in [-0.15, -0.1) is 11.3 Å². The van der Waals surface area contributed by atoms with Gasteiger partial charge in [0.2, 0.25) is 0 Å². The molecule has 0 bridgehead atoms. The van der Waals surface area contributed by atoms with Gasteiger partial charge in [-0.05, 0) is 12.1 Å². The fourth-order valence-corrected chi connectivity index (χ4v) is 2.08. The number of para-hydroxylation sites is 1. The highest BCUT2D eigenvalue weighted by Gasteiger charge is 2.08. The van der Waals surface area contributed by atoms with Gasteiger partial charge >= 0.3 is 0 Å². The first-order valence-electron chi connectivity index (χ1n) is 4.62. The lowest BCUT2D eigenvalue weighted by Gasteiger charge is -2.13. The molecule has 1 aromatic heterocycles. The lowest BCUT2D eigenvalue weighted by Crippen LogP contribution is -2.15. The van der Waals surface area contributed by atoms with Crippen molar-refractivity contribution in [2.45, 2.75) is 6.54 Å². The molecule has 0 amide bonds. The van der Waals surface area contributed by atoms with Gasteiger partial charge in [0.15, 0.2) is 10.7 Å². The number of anilines is 1. The van der Waals surface area contributed by atoms with Crippen LogP contribution in [0.25, 0.3) is 0 Å². The Morgan fingerprint density at radius 3 is 2.69 bits per heavy atom. The maximum atomic E-state index is 9.07. The summed E-state index contributed by atoms with van der Waals surface area (Å²) in [5.74, 6) is 0. The first-order chi connectivity index (χ1) is 7.79. The smallest absolute Gasteiger partial charge is 0.184 e. The van der Waals surface area contributed by atoms with E-state index in [0.717, 1.165) is 11.4 Å². The molecule has 0 aliphatic rings. The fraction of sp³-hybridized carbons (Fsp3) is 0.0909. The second-order valence-corrected chi connectivity index (χ2v) is 4.55. The molecule has 0 atom stereocenters. The van der Waals surface area contributed by atoms with Crippen molar-refractivity contribution >= 4 is 28.6 Å². The lowest BCUT2D eigenvalue weighted by molar-refractivity contribution is 0.942. The molecule has 2 aromatic rings. The quantitative estimate of drug-likeness (QED) is 0.619. The number of aromatic nitrogens is 1. The molecule has 0 spiro atoms. The van der Waals surface area contributed by atoms with Crippen molar-refractivity contribution in [1.29, 1.82) is 5.26 Å². The number of thiazole rings is 1. The summed E-state index contributed by atoms with van der Waals surface area (Å²) in [5.41, 5.74) is 1.66. The van der Waals surface area contributed by atoms with Crippen molar-refractivity contribution < 1.29 is 0 Å². The molecule has 0 radical (unpaired) electrons. The van der Waals surface area contributed by atoms with Gasteiger partial charge in [-0.25, -0.2) is 4.98 Å². The van der Waals surface area contributed by atoms with E-state index >= 15 is 0 Å². The van der Waals surface area contributed by atoms with Crippen molar-refractivity contribution in [3.63, 3.8) is 0 Å². The Morgan fingerprint density at radius 2 is 2.12 bits per heavy atom. The number of nitriles is 1. The van der Waals surface area contributed by atoms with E-state index in [1.165, 1.54) is 11.3 Å². The van der Waals surface area contributed by atoms with Crippen LogP contribution in [-0.2, 0) is 6.54 Å². The van der Waals surface area contributed by atoms with Crippen LogP contribution in [-0.4, -0.2) is 4.98 Å². The van der Waals surface area contributed by atoms with Crippen molar-refractivity contribution in [3.8, 4) is 6.19 Å². The zero-order valence-electron chi connectivity index (χ0n) is 8.30. The van der Waals surface area contributed by atoms with Crippen LogP contribution in [0.1, 0.15) is 5.69 Å². The molecular formula is C11H8ClN3S. The Hall–Kier alpha value is -1.57. The van der Waals surface area contributed by atoms with E-state index in [-0.39, 0.29) is 0 Å². The molecule has 0 N–H and O–H groups in total. The van der Waals surface area contributed by atoms with Crippen LogP contribution in [0.15, 0.2) is 35.7 Å². The van der Waals surface area contributed by atoms with Crippen LogP contribution in [0.4, 0.5) is 5.69 Å². The van der Waals surface area contributed by atoms with E-state index in [1.807, 2.05) is 35.7 Å². The molecule has 0 unspecified atom stereocenters. The summed E-state index contributed by atoms with van der Waals surface area (Å²) in [6.45, 7) is 0.448. The van der Waals surface area contributed by atoms with Crippen LogP contribution in [0.2, 0.25) is 4.47 Å². The van der Waals surface area contributed by atoms with Crippen LogP contribution in [0.3, 0.4) is 0 Å². The largest absolute Gasteiger partial charge is 0.273 e. The molecule has 0 saturated heterocycles. The summed E-state index contributed by atoms with van der Waals surface area (Å²) in [6.07, 6.45) is 2.13. The topological polar surface area (TPSA) is 39.9 Å². The van der Waals surface area contributed by atoms with E-state index in [9.17, 15) is 0 Å². The standard InChI is InChI=1S/C11H8ClN3S/c12-11-14-9(7-16-11)6-15(8-13)10-4-2-1-3-5-10/h1-5,7H,6H2. The van der Waals surface area contributed by atoms with E-state index in [1.54, 1.807) is 4.90 Å². The molecule has 16 heavy (non-hydrogen) atoms. The maximum Gasteiger partial charge on any atom is 0.184 e. The molecule has 2 rings (SSSR count). The molecule has 0 fully saturated rings. The highest BCUT2D eigenvalue weighted by atomic mass is 35.5. The third kappa shape index (κ3) is 2.51. The molecule has 0 aliphatic carbocycles. The summed E-state index contributed by atoms with van der Waals surface area (Å²) in [5, 5.41) is 10.9. The third-order valence-corrected chi connectivity index (χ3v) is 3.06. The van der Waals surface area contributed by atoms with Crippen molar-refractivity contribution in [2.24, 2.45) is 0 Å². The number of hydrogen-bond donors (Lipinski definition) is 0. The van der Waals surface area contributed by atoms with Crippen molar-refractivity contribution in [1.82, 2.24) is 4.98 Å². The number of rotatable bonds is 3. The minimum atomic E-state index is 0.448. The van der Waals surface area contributed by atoms with Crippen molar-refractivity contribution in [3.05, 3.63) is 45.9 Å². The predicted molar refractivity (Wildman–Crippen MR) is 65.4 cm³/mol. The van der Waals surface area contributed by atoms with Crippen LogP contribution >= 0.6 is 22.9 Å². The first-order valence-corrected chi connectivity index (χ1v) is 5.87. The number of hydrogen-bond acceptors (Lipinski definition) is 4. The molecule has 0 aliphatic heterocycles. The van der Waals surface area contributed by atoms with E-state index in [2.05, 4.69) is 11.2 Å². The summed E-state index contributed by atoms with van der Waals surface area (Å²) < 4.78 is 0.501. The van der Waals surface area contributed by atoms with Gasteiger partial charge < -0.3 is 0 Å².